The van der Waals surface area contributed by atoms with Crippen LogP contribution in [0.3, 0.4) is 0 Å². The van der Waals surface area contributed by atoms with Gasteiger partial charge in [0.05, 0.1) is 23.8 Å². The number of aliphatic hydroxyl groups excluding tert-OH is 1. The van der Waals surface area contributed by atoms with Crippen molar-refractivity contribution < 1.29 is 24.6 Å². The van der Waals surface area contributed by atoms with E-state index in [1.54, 1.807) is 23.6 Å². The van der Waals surface area contributed by atoms with Crippen LogP contribution >= 0.6 is 11.3 Å². The average molecular weight is 375 g/mol. The Morgan fingerprint density at radius 2 is 2.19 bits per heavy atom. The number of amides is 1. The van der Waals surface area contributed by atoms with Crippen LogP contribution in [0.2, 0.25) is 0 Å². The van der Waals surface area contributed by atoms with E-state index in [9.17, 15) is 24.6 Å². The van der Waals surface area contributed by atoms with Crippen molar-refractivity contribution in [1.29, 1.82) is 0 Å². The third kappa shape index (κ3) is 2.10. The summed E-state index contributed by atoms with van der Waals surface area (Å²) in [6.07, 6.45) is 1.37. The summed E-state index contributed by atoms with van der Waals surface area (Å²) in [7, 11) is 0. The molecule has 2 aliphatic rings. The Bertz CT molecular complexity index is 986. The van der Waals surface area contributed by atoms with Crippen LogP contribution in [-0.4, -0.2) is 54.3 Å². The van der Waals surface area contributed by atoms with Gasteiger partial charge in [0.15, 0.2) is 5.78 Å². The second-order valence-electron chi connectivity index (χ2n) is 6.54. The van der Waals surface area contributed by atoms with Crippen molar-refractivity contribution in [2.75, 3.05) is 0 Å². The number of nitrogens with zero attached hydrogens (tertiary/aromatic N) is 3. The molecule has 2 aliphatic heterocycles. The summed E-state index contributed by atoms with van der Waals surface area (Å²) >= 11 is 1.32. The predicted octanol–water partition coefficient (Wildman–Crippen LogP) is 1.40. The Kier molecular flexibility index (Phi) is 3.74. The fourth-order valence-electron chi connectivity index (χ4n) is 3.86. The number of rotatable bonds is 5. The minimum Gasteiger partial charge on any atom is -0.477 e. The van der Waals surface area contributed by atoms with Crippen LogP contribution in [0, 0.1) is 5.92 Å². The van der Waals surface area contributed by atoms with Gasteiger partial charge >= 0.3 is 5.97 Å². The maximum Gasteiger partial charge on any atom is 0.352 e. The highest BCUT2D eigenvalue weighted by atomic mass is 32.1. The first-order valence-electron chi connectivity index (χ1n) is 8.32. The fourth-order valence-corrected chi connectivity index (χ4v) is 4.88. The maximum absolute atomic E-state index is 12.3. The molecule has 26 heavy (non-hydrogen) atoms. The number of hydrogen-bond donors (Lipinski definition) is 2. The lowest BCUT2D eigenvalue weighted by atomic mass is 9.83. The number of carbonyl (C=O) groups excluding carboxylic acids is 2. The third-order valence-electron chi connectivity index (χ3n) is 5.09. The van der Waals surface area contributed by atoms with E-state index in [2.05, 4.69) is 4.98 Å². The van der Waals surface area contributed by atoms with Crippen molar-refractivity contribution in [2.45, 2.75) is 38.8 Å². The zero-order chi connectivity index (χ0) is 18.7. The van der Waals surface area contributed by atoms with Gasteiger partial charge in [-0.3, -0.25) is 14.0 Å². The lowest BCUT2D eigenvalue weighted by Gasteiger charge is -2.44. The van der Waals surface area contributed by atoms with Gasteiger partial charge in [0, 0.05) is 17.4 Å². The number of carboxylic acids is 1. The SMILES string of the molecule is CCC(=O)c1ncn2c(C3=C(C(=O)O)N4C(=O)[C@H]([C@@H](C)O)[C@H]4C3)csc12. The molecular weight excluding hydrogens is 358 g/mol. The number of aromatic nitrogens is 2. The van der Waals surface area contributed by atoms with Crippen LogP contribution < -0.4 is 0 Å². The average Bonchev–Trinajstić information content (AvgIpc) is 3.24. The standard InChI is InChI=1S/C17H17N3O5S/c1-3-11(22)13-16-19(6-18-13)10(5-26-16)8-4-9-12(7(2)21)15(23)20(9)14(8)17(24)25/h5-7,9,12,21H,3-4H2,1-2H3,(H,24,25)/t7-,9-,12-/m1/s1. The molecule has 0 unspecified atom stereocenters. The summed E-state index contributed by atoms with van der Waals surface area (Å²) in [5.74, 6) is -2.20. The molecule has 9 heteroatoms. The Balaban J connectivity index is 1.82. The third-order valence-corrected chi connectivity index (χ3v) is 6.05. The van der Waals surface area contributed by atoms with E-state index >= 15 is 0 Å². The molecule has 1 fully saturated rings. The quantitative estimate of drug-likeness (QED) is 0.603. The topological polar surface area (TPSA) is 112 Å². The molecular formula is C17H17N3O5S. The lowest BCUT2D eigenvalue weighted by molar-refractivity contribution is -0.161. The number of aliphatic hydroxyl groups is 1. The first-order valence-corrected chi connectivity index (χ1v) is 9.20. The molecule has 0 aliphatic carbocycles. The van der Waals surface area contributed by atoms with Crippen LogP contribution in [0.5, 0.6) is 0 Å². The summed E-state index contributed by atoms with van der Waals surface area (Å²) in [6, 6.07) is -0.348. The molecule has 2 aromatic rings. The zero-order valence-corrected chi connectivity index (χ0v) is 15.0. The van der Waals surface area contributed by atoms with Gasteiger partial charge in [0.25, 0.3) is 0 Å². The second kappa shape index (κ2) is 5.75. The molecule has 8 nitrogen and oxygen atoms in total. The molecule has 0 bridgehead atoms. The number of hydrogen-bond acceptors (Lipinski definition) is 6. The van der Waals surface area contributed by atoms with Crippen molar-refractivity contribution in [1.82, 2.24) is 14.3 Å². The molecule has 1 saturated heterocycles. The molecule has 2 aromatic heterocycles. The maximum atomic E-state index is 12.3. The van der Waals surface area contributed by atoms with Crippen molar-refractivity contribution >= 4 is 39.4 Å². The zero-order valence-electron chi connectivity index (χ0n) is 14.2. The summed E-state index contributed by atoms with van der Waals surface area (Å²) in [5, 5.41) is 21.3. The predicted molar refractivity (Wildman–Crippen MR) is 92.7 cm³/mol. The minimum atomic E-state index is -1.18. The summed E-state index contributed by atoms with van der Waals surface area (Å²) in [6.45, 7) is 3.30. The van der Waals surface area contributed by atoms with Crippen LogP contribution in [-0.2, 0) is 9.59 Å². The van der Waals surface area contributed by atoms with Crippen molar-refractivity contribution in [3.63, 3.8) is 0 Å². The molecule has 0 saturated carbocycles. The normalized spacial score (nSPS) is 23.3. The van der Waals surface area contributed by atoms with Crippen molar-refractivity contribution in [3.8, 4) is 0 Å². The first-order chi connectivity index (χ1) is 12.4. The molecule has 1 amide bonds. The minimum absolute atomic E-state index is 0.0475. The second-order valence-corrected chi connectivity index (χ2v) is 7.40. The van der Waals surface area contributed by atoms with E-state index in [1.807, 2.05) is 0 Å². The number of carboxylic acid groups (broad SMARTS) is 1. The highest BCUT2D eigenvalue weighted by Crippen LogP contribution is 2.47. The molecule has 0 aromatic carbocycles. The van der Waals surface area contributed by atoms with Crippen molar-refractivity contribution in [3.05, 3.63) is 28.8 Å². The Morgan fingerprint density at radius 3 is 2.81 bits per heavy atom. The number of Topliss-reactive ketones (excluding diaryl/α,β-unsaturated/α-hetero) is 1. The summed E-state index contributed by atoms with van der Waals surface area (Å²) in [5.41, 5.74) is 1.48. The molecule has 4 rings (SSSR count). The Labute approximate surface area is 152 Å². The van der Waals surface area contributed by atoms with Crippen LogP contribution in [0.4, 0.5) is 0 Å². The highest BCUT2D eigenvalue weighted by Gasteiger charge is 2.57. The number of thiazole rings is 1. The number of ketones is 1. The van der Waals surface area contributed by atoms with E-state index in [1.165, 1.54) is 22.6 Å². The lowest BCUT2D eigenvalue weighted by Crippen LogP contribution is -2.61. The highest BCUT2D eigenvalue weighted by molar-refractivity contribution is 7.16. The van der Waals surface area contributed by atoms with E-state index in [4.69, 9.17) is 0 Å². The summed E-state index contributed by atoms with van der Waals surface area (Å²) < 4.78 is 1.71. The van der Waals surface area contributed by atoms with E-state index in [-0.39, 0.29) is 23.4 Å². The molecule has 136 valence electrons. The number of aliphatic carboxylic acids is 1. The van der Waals surface area contributed by atoms with E-state index < -0.39 is 18.0 Å². The van der Waals surface area contributed by atoms with Gasteiger partial charge in [-0.25, -0.2) is 9.78 Å². The molecule has 0 spiro atoms. The van der Waals surface area contributed by atoms with Gasteiger partial charge in [-0.15, -0.1) is 11.3 Å². The van der Waals surface area contributed by atoms with Crippen LogP contribution in [0.1, 0.15) is 42.9 Å². The number of carbonyl (C=O) groups is 3. The molecule has 2 N–H and O–H groups in total. The van der Waals surface area contributed by atoms with Gasteiger partial charge in [-0.1, -0.05) is 6.92 Å². The van der Waals surface area contributed by atoms with Crippen molar-refractivity contribution in [2.24, 2.45) is 5.92 Å². The summed E-state index contributed by atoms with van der Waals surface area (Å²) in [4.78, 5) is 42.3. The van der Waals surface area contributed by atoms with Gasteiger partial charge in [-0.2, -0.15) is 0 Å². The van der Waals surface area contributed by atoms with Crippen LogP contribution in [0.25, 0.3) is 10.4 Å². The first kappa shape index (κ1) is 16.9. The monoisotopic (exact) mass is 375 g/mol. The number of β-lactam (4-membered cyclic amide) rings is 1. The molecule has 0 radical (unpaired) electrons. The largest absolute Gasteiger partial charge is 0.477 e. The van der Waals surface area contributed by atoms with Gasteiger partial charge < -0.3 is 15.1 Å². The fraction of sp³-hybridized carbons (Fsp3) is 0.412. The van der Waals surface area contributed by atoms with Gasteiger partial charge in [-0.05, 0) is 13.3 Å². The molecule has 3 atom stereocenters. The van der Waals surface area contributed by atoms with E-state index in [0.29, 0.717) is 34.6 Å². The van der Waals surface area contributed by atoms with Crippen LogP contribution in [0.15, 0.2) is 17.4 Å². The van der Waals surface area contributed by atoms with Gasteiger partial charge in [0.2, 0.25) is 5.91 Å². The number of imidazole rings is 1. The smallest absolute Gasteiger partial charge is 0.352 e. The Hall–Kier alpha value is -2.52. The molecule has 4 heterocycles. The Morgan fingerprint density at radius 1 is 1.46 bits per heavy atom. The van der Waals surface area contributed by atoms with Gasteiger partial charge in [0.1, 0.15) is 22.5 Å². The van der Waals surface area contributed by atoms with E-state index in [0.717, 1.165) is 0 Å². The number of fused-ring (bicyclic) bond motifs is 2.